The number of nitrogens with zero attached hydrogens (tertiary/aromatic N) is 4. The van der Waals surface area contributed by atoms with Crippen molar-refractivity contribution in [2.45, 2.75) is 150 Å². The van der Waals surface area contributed by atoms with Gasteiger partial charge in [0.15, 0.2) is 24.8 Å². The zero-order valence-electron chi connectivity index (χ0n) is 49.5. The number of aromatic nitrogens is 4. The van der Waals surface area contributed by atoms with Gasteiger partial charge in [-0.15, -0.1) is 0 Å². The van der Waals surface area contributed by atoms with E-state index in [-0.39, 0.29) is 0 Å². The van der Waals surface area contributed by atoms with Crippen LogP contribution in [0.2, 0.25) is 0 Å². The van der Waals surface area contributed by atoms with Gasteiger partial charge in [0.05, 0.1) is 0 Å². The molecule has 3 aliphatic rings. The van der Waals surface area contributed by atoms with Crippen LogP contribution in [0, 0.1) is 41.5 Å². The third kappa shape index (κ3) is 13.5. The highest BCUT2D eigenvalue weighted by Crippen LogP contribution is 2.38. The highest BCUT2D eigenvalue weighted by atomic mass is 14.9. The molecule has 3 aliphatic carbocycles. The average molecular weight is 1000 g/mol. The second-order valence-electron chi connectivity index (χ2n) is 22.1. The lowest BCUT2D eigenvalue weighted by Crippen LogP contribution is -2.32. The Hall–Kier alpha value is -6.52. The molecule has 11 rings (SSSR count). The van der Waals surface area contributed by atoms with E-state index in [2.05, 4.69) is 209 Å². The summed E-state index contributed by atoms with van der Waals surface area (Å²) in [7, 11) is 8.43. The fraction of sp³-hybridized carbons (Fsp3) is 0.380. The Labute approximate surface area is 455 Å². The first kappa shape index (κ1) is 51.9. The molecule has 0 atom stereocenters. The van der Waals surface area contributed by atoms with Gasteiger partial charge < -0.3 is 0 Å². The summed E-state index contributed by atoms with van der Waals surface area (Å²) in [5.41, 5.74) is 23.4. The highest BCUT2D eigenvalue weighted by molar-refractivity contribution is 5.64. The lowest BCUT2D eigenvalue weighted by atomic mass is 9.92. The number of rotatable bonds is 8. The molecular weight excluding hydrogens is 909 g/mol. The van der Waals surface area contributed by atoms with Gasteiger partial charge in [0.2, 0.25) is 22.8 Å². The highest BCUT2D eigenvalue weighted by Gasteiger charge is 2.25. The SMILES string of the molecule is Cc1ccccc1-c1cc(C2CCCC2)c(C)c[n+]1C.Cc1ccccc1-c1cc(C2CCCC2)cc[n+]1C.Cc1ccccc1-c1ccc(C2CCCC2)c[n+]1C.[2H]C([2H])(C)c1c[n+](C)c(-c2ccccc2C)cc1C. The second kappa shape index (κ2) is 25.8. The summed E-state index contributed by atoms with van der Waals surface area (Å²) in [6.45, 7) is 14.5. The fourth-order valence-electron chi connectivity index (χ4n) is 12.2. The number of benzene rings is 4. The van der Waals surface area contributed by atoms with Crippen LogP contribution in [0.4, 0.5) is 0 Å². The third-order valence-electron chi connectivity index (χ3n) is 16.7. The Morgan fingerprint density at radius 2 is 0.773 bits per heavy atom. The van der Waals surface area contributed by atoms with Gasteiger partial charge >= 0.3 is 0 Å². The van der Waals surface area contributed by atoms with Gasteiger partial charge in [0.25, 0.3) is 0 Å². The molecule has 8 aromatic rings. The normalized spacial score (nSPS) is 15.2. The molecule has 4 aromatic carbocycles. The van der Waals surface area contributed by atoms with Gasteiger partial charge in [-0.1, -0.05) is 118 Å². The van der Waals surface area contributed by atoms with E-state index in [1.165, 1.54) is 155 Å². The van der Waals surface area contributed by atoms with Crippen LogP contribution < -0.4 is 18.3 Å². The Balaban J connectivity index is 0.000000136. The van der Waals surface area contributed by atoms with Crippen LogP contribution in [-0.4, -0.2) is 0 Å². The van der Waals surface area contributed by atoms with Gasteiger partial charge in [0.1, 0.15) is 28.2 Å². The van der Waals surface area contributed by atoms with Crippen LogP contribution in [0.15, 0.2) is 158 Å². The van der Waals surface area contributed by atoms with Crippen molar-refractivity contribution in [3.05, 3.63) is 214 Å². The number of hydrogen-bond acceptors (Lipinski definition) is 0. The van der Waals surface area contributed by atoms with E-state index in [9.17, 15) is 0 Å². The second-order valence-corrected chi connectivity index (χ2v) is 22.1. The molecule has 4 heteroatoms. The van der Waals surface area contributed by atoms with Gasteiger partial charge in [-0.3, -0.25) is 0 Å². The summed E-state index contributed by atoms with van der Waals surface area (Å²) >= 11 is 0. The summed E-state index contributed by atoms with van der Waals surface area (Å²) in [5.74, 6) is 2.35. The van der Waals surface area contributed by atoms with Gasteiger partial charge in [-0.25, -0.2) is 18.3 Å². The first-order valence-electron chi connectivity index (χ1n) is 29.2. The number of hydrogen-bond donors (Lipinski definition) is 0. The van der Waals surface area contributed by atoms with Crippen molar-refractivity contribution >= 4 is 0 Å². The molecule has 3 fully saturated rings. The molecule has 388 valence electrons. The van der Waals surface area contributed by atoms with Crippen LogP contribution in [0.5, 0.6) is 0 Å². The predicted molar refractivity (Wildman–Crippen MR) is 314 cm³/mol. The summed E-state index contributed by atoms with van der Waals surface area (Å²) in [4.78, 5) is 0. The van der Waals surface area contributed by atoms with E-state index in [4.69, 9.17) is 2.74 Å². The lowest BCUT2D eigenvalue weighted by Gasteiger charge is -2.14. The van der Waals surface area contributed by atoms with Crippen LogP contribution >= 0.6 is 0 Å². The summed E-state index contributed by atoms with van der Waals surface area (Å²) in [6, 6.07) is 48.0. The molecule has 0 bridgehead atoms. The van der Waals surface area contributed by atoms with E-state index < -0.39 is 6.37 Å². The minimum atomic E-state index is -1.31. The Morgan fingerprint density at radius 3 is 1.24 bits per heavy atom. The summed E-state index contributed by atoms with van der Waals surface area (Å²) in [5, 5.41) is 0. The van der Waals surface area contributed by atoms with Crippen molar-refractivity contribution in [1.29, 1.82) is 0 Å². The van der Waals surface area contributed by atoms with Crippen molar-refractivity contribution < 1.29 is 21.0 Å². The first-order valence-corrected chi connectivity index (χ1v) is 28.2. The maximum Gasteiger partial charge on any atom is 0.212 e. The van der Waals surface area contributed by atoms with E-state index >= 15 is 0 Å². The maximum atomic E-state index is 7.88. The topological polar surface area (TPSA) is 15.5 Å². The molecule has 4 nitrogen and oxygen atoms in total. The molecular formula is C71H88N4+4. The summed E-state index contributed by atoms with van der Waals surface area (Å²) in [6.07, 6.45) is 24.0. The molecule has 75 heavy (non-hydrogen) atoms. The largest absolute Gasteiger partial charge is 0.212 e. The quantitative estimate of drug-likeness (QED) is 0.135. The number of pyridine rings is 4. The molecule has 0 aliphatic heterocycles. The molecule has 4 heterocycles. The van der Waals surface area contributed by atoms with Crippen LogP contribution in [0.25, 0.3) is 45.0 Å². The Bertz CT molecular complexity index is 3270. The molecule has 3 saturated carbocycles. The molecule has 4 aromatic heterocycles. The molecule has 0 spiro atoms. The lowest BCUT2D eigenvalue weighted by molar-refractivity contribution is -0.661. The van der Waals surface area contributed by atoms with E-state index in [0.717, 1.165) is 34.6 Å². The fourth-order valence-corrected chi connectivity index (χ4v) is 12.2. The van der Waals surface area contributed by atoms with E-state index in [0.29, 0.717) is 0 Å². The van der Waals surface area contributed by atoms with Crippen LogP contribution in [0.1, 0.15) is 160 Å². The van der Waals surface area contributed by atoms with E-state index in [1.54, 1.807) is 12.5 Å². The predicted octanol–water partition coefficient (Wildman–Crippen LogP) is 16.1. The average Bonchev–Trinajstić information content (AvgIpc) is 4.27. The molecule has 0 saturated heterocycles. The third-order valence-corrected chi connectivity index (χ3v) is 16.7. The Kier molecular flexibility index (Phi) is 17.9. The standard InChI is InChI=1S/C19H24N.2C18H22N.C16H20N/c1-14-8-4-7-11-17(14)19-12-18(15(2)13-20(19)3)16-9-5-6-10-16;1-14-7-3-6-10-17(14)18-13-16(11-12-19(18)2)15-8-4-5-9-15;1-14-7-3-6-10-17(14)18-12-11-16(13-19(18)2)15-8-4-5-9-15;1-5-14-11-17(4)16(10-13(14)3)15-9-7-6-8-12(15)2/h4,7-8,11-13,16H,5-6,9-10H2,1-3H3;2*3,6-7,10-13,15H,4-5,8-9H2,1-2H3;6-11H,5H2,1-4H3/q4*+1/i;;;5D2. The monoisotopic (exact) mass is 999 g/mol. The van der Waals surface area contributed by atoms with Crippen molar-refractivity contribution in [3.8, 4) is 45.0 Å². The summed E-state index contributed by atoms with van der Waals surface area (Å²) < 4.78 is 24.6. The molecule has 0 radical (unpaired) electrons. The zero-order valence-corrected chi connectivity index (χ0v) is 47.5. The minimum Gasteiger partial charge on any atom is -0.201 e. The number of aryl methyl sites for hydroxylation is 11. The maximum absolute atomic E-state index is 7.88. The van der Waals surface area contributed by atoms with Gasteiger partial charge in [-0.05, 0) is 173 Å². The van der Waals surface area contributed by atoms with E-state index in [1.807, 2.05) is 36.9 Å². The van der Waals surface area contributed by atoms with Crippen molar-refractivity contribution in [2.75, 3.05) is 0 Å². The van der Waals surface area contributed by atoms with Crippen LogP contribution in [0.3, 0.4) is 0 Å². The first-order chi connectivity index (χ1) is 37.0. The van der Waals surface area contributed by atoms with Gasteiger partial charge in [0, 0.05) is 72.0 Å². The van der Waals surface area contributed by atoms with Crippen LogP contribution in [-0.2, 0) is 34.6 Å². The van der Waals surface area contributed by atoms with Crippen molar-refractivity contribution in [2.24, 2.45) is 28.2 Å². The smallest absolute Gasteiger partial charge is 0.201 e. The molecule has 0 N–H and O–H groups in total. The van der Waals surface area contributed by atoms with Gasteiger partial charge in [-0.2, -0.15) is 0 Å². The zero-order chi connectivity index (χ0) is 54.8. The Morgan fingerprint density at radius 1 is 0.373 bits per heavy atom. The molecule has 0 unspecified atom stereocenters. The minimum absolute atomic E-state index is 0.743. The molecule has 0 amide bonds. The van der Waals surface area contributed by atoms with Crippen molar-refractivity contribution in [3.63, 3.8) is 0 Å². The van der Waals surface area contributed by atoms with Crippen molar-refractivity contribution in [1.82, 2.24) is 0 Å².